The monoisotopic (exact) mass is 358 g/mol. The van der Waals surface area contributed by atoms with E-state index in [4.69, 9.17) is 4.74 Å². The summed E-state index contributed by atoms with van der Waals surface area (Å²) in [6.45, 7) is 6.75. The van der Waals surface area contributed by atoms with Crippen LogP contribution in [0.3, 0.4) is 0 Å². The second-order valence-corrected chi connectivity index (χ2v) is 8.22. The Bertz CT molecular complexity index is 388. The van der Waals surface area contributed by atoms with Gasteiger partial charge < -0.3 is 4.74 Å². The summed E-state index contributed by atoms with van der Waals surface area (Å²) in [4.78, 5) is 0. The van der Waals surface area contributed by atoms with Crippen LogP contribution in [0.1, 0.15) is 58.4 Å². The molecule has 1 aromatic carbocycles. The average Bonchev–Trinajstić information content (AvgIpc) is 2.76. The van der Waals surface area contributed by atoms with Crippen LogP contribution in [0.4, 0.5) is 0 Å². The third kappa shape index (κ3) is 3.19. The predicted molar refractivity (Wildman–Crippen MR) is 85.6 cm³/mol. The molecule has 1 unspecified atom stereocenters. The van der Waals surface area contributed by atoms with E-state index in [1.165, 1.54) is 31.2 Å². The van der Waals surface area contributed by atoms with Crippen molar-refractivity contribution < 1.29 is 4.74 Å². The smallest absolute Gasteiger partial charge is 0.120 e. The molecule has 1 nitrogen and oxygen atoms in total. The first-order valence-electron chi connectivity index (χ1n) is 6.94. The fraction of sp³-hybridized carbons (Fsp3) is 0.625. The summed E-state index contributed by atoms with van der Waals surface area (Å²) in [5, 5.41) is 0. The molecule has 100 valence electrons. The van der Waals surface area contributed by atoms with Crippen LogP contribution in [0.15, 0.2) is 24.3 Å². The van der Waals surface area contributed by atoms with Gasteiger partial charge in [0.25, 0.3) is 0 Å². The van der Waals surface area contributed by atoms with Crippen molar-refractivity contribution in [1.29, 1.82) is 0 Å². The highest BCUT2D eigenvalue weighted by atomic mass is 127. The van der Waals surface area contributed by atoms with E-state index in [2.05, 4.69) is 67.6 Å². The molecule has 0 spiro atoms. The van der Waals surface area contributed by atoms with E-state index in [1.807, 2.05) is 0 Å². The predicted octanol–water partition coefficient (Wildman–Crippen LogP) is 5.46. The topological polar surface area (TPSA) is 9.23 Å². The van der Waals surface area contributed by atoms with Crippen molar-refractivity contribution >= 4 is 22.6 Å². The summed E-state index contributed by atoms with van der Waals surface area (Å²) in [5.41, 5.74) is 1.45. The number of halogens is 1. The number of ether oxygens (including phenoxy) is 1. The van der Waals surface area contributed by atoms with Crippen molar-refractivity contribution in [3.8, 4) is 5.75 Å². The van der Waals surface area contributed by atoms with E-state index >= 15 is 0 Å². The van der Waals surface area contributed by atoms with E-state index in [-0.39, 0.29) is 9.02 Å². The third-order valence-electron chi connectivity index (χ3n) is 4.15. The Morgan fingerprint density at radius 3 is 2.28 bits per heavy atom. The van der Waals surface area contributed by atoms with Crippen LogP contribution in [0.5, 0.6) is 5.75 Å². The molecule has 0 amide bonds. The minimum atomic E-state index is 0.0693. The molecule has 18 heavy (non-hydrogen) atoms. The molecule has 0 aromatic heterocycles. The molecule has 1 aliphatic carbocycles. The maximum Gasteiger partial charge on any atom is 0.120 e. The molecular weight excluding hydrogens is 335 g/mol. The number of benzene rings is 1. The second-order valence-electron chi connectivity index (χ2n) is 5.83. The molecule has 0 N–H and O–H groups in total. The molecule has 1 atom stereocenters. The fourth-order valence-electron chi connectivity index (χ4n) is 2.58. The summed E-state index contributed by atoms with van der Waals surface area (Å²) in [6, 6.07) is 8.68. The van der Waals surface area contributed by atoms with Crippen molar-refractivity contribution in [2.75, 3.05) is 0 Å². The van der Waals surface area contributed by atoms with Crippen LogP contribution < -0.4 is 4.74 Å². The minimum absolute atomic E-state index is 0.0693. The third-order valence-corrected chi connectivity index (χ3v) is 5.53. The number of rotatable bonds is 4. The van der Waals surface area contributed by atoms with E-state index in [9.17, 15) is 0 Å². The number of alkyl halides is 1. The Morgan fingerprint density at radius 1 is 1.22 bits per heavy atom. The largest absolute Gasteiger partial charge is 0.488 e. The lowest BCUT2D eigenvalue weighted by molar-refractivity contribution is 0.0968. The maximum absolute atomic E-state index is 6.16. The van der Waals surface area contributed by atoms with Gasteiger partial charge in [-0.25, -0.2) is 0 Å². The SMILES string of the molecule is CCC(C)(I)c1ccc(OC2(C)CCCC2)cc1. The lowest BCUT2D eigenvalue weighted by Gasteiger charge is -2.26. The molecule has 0 bridgehead atoms. The zero-order valence-corrected chi connectivity index (χ0v) is 13.8. The Kier molecular flexibility index (Phi) is 4.25. The van der Waals surface area contributed by atoms with Gasteiger partial charge in [-0.15, -0.1) is 0 Å². The Morgan fingerprint density at radius 2 is 1.78 bits per heavy atom. The van der Waals surface area contributed by atoms with Crippen LogP contribution >= 0.6 is 22.6 Å². The van der Waals surface area contributed by atoms with Crippen molar-refractivity contribution in [2.45, 2.75) is 61.9 Å². The molecule has 2 rings (SSSR count). The Labute approximate surface area is 124 Å². The second kappa shape index (κ2) is 5.40. The van der Waals surface area contributed by atoms with Gasteiger partial charge in [-0.1, -0.05) is 41.6 Å². The van der Waals surface area contributed by atoms with Crippen LogP contribution in [-0.4, -0.2) is 5.60 Å². The maximum atomic E-state index is 6.16. The lowest BCUT2D eigenvalue weighted by atomic mass is 9.98. The first-order valence-corrected chi connectivity index (χ1v) is 8.02. The van der Waals surface area contributed by atoms with Gasteiger partial charge in [-0.3, -0.25) is 0 Å². The van der Waals surface area contributed by atoms with E-state index in [0.717, 1.165) is 12.2 Å². The van der Waals surface area contributed by atoms with Crippen LogP contribution in [0.2, 0.25) is 0 Å². The quantitative estimate of drug-likeness (QED) is 0.513. The van der Waals surface area contributed by atoms with Crippen LogP contribution in [0, 0.1) is 0 Å². The lowest BCUT2D eigenvalue weighted by Crippen LogP contribution is -2.28. The molecule has 1 aromatic rings. The number of hydrogen-bond donors (Lipinski definition) is 0. The van der Waals surface area contributed by atoms with E-state index < -0.39 is 0 Å². The van der Waals surface area contributed by atoms with Crippen molar-refractivity contribution in [3.63, 3.8) is 0 Å². The summed E-state index contributed by atoms with van der Waals surface area (Å²) in [5.74, 6) is 1.02. The summed E-state index contributed by atoms with van der Waals surface area (Å²) < 4.78 is 6.39. The van der Waals surface area contributed by atoms with Crippen molar-refractivity contribution in [3.05, 3.63) is 29.8 Å². The Hall–Kier alpha value is -0.250. The average molecular weight is 358 g/mol. The summed E-state index contributed by atoms with van der Waals surface area (Å²) in [7, 11) is 0. The van der Waals surface area contributed by atoms with Gasteiger partial charge in [-0.2, -0.15) is 0 Å². The molecule has 1 saturated carbocycles. The summed E-state index contributed by atoms with van der Waals surface area (Å²) >= 11 is 2.53. The highest BCUT2D eigenvalue weighted by Gasteiger charge is 2.30. The van der Waals surface area contributed by atoms with Crippen LogP contribution in [-0.2, 0) is 3.42 Å². The van der Waals surface area contributed by atoms with Crippen molar-refractivity contribution in [2.24, 2.45) is 0 Å². The normalized spacial score (nSPS) is 21.6. The number of hydrogen-bond acceptors (Lipinski definition) is 1. The fourth-order valence-corrected chi connectivity index (χ4v) is 2.94. The molecule has 1 fully saturated rings. The van der Waals surface area contributed by atoms with E-state index in [1.54, 1.807) is 0 Å². The van der Waals surface area contributed by atoms with Gasteiger partial charge >= 0.3 is 0 Å². The molecule has 0 aliphatic heterocycles. The Balaban J connectivity index is 2.08. The molecule has 2 heteroatoms. The zero-order valence-electron chi connectivity index (χ0n) is 11.6. The van der Waals surface area contributed by atoms with Gasteiger partial charge in [0.05, 0.1) is 0 Å². The van der Waals surface area contributed by atoms with Gasteiger partial charge in [0.15, 0.2) is 0 Å². The molecule has 1 aliphatic rings. The van der Waals surface area contributed by atoms with Crippen molar-refractivity contribution in [1.82, 2.24) is 0 Å². The van der Waals surface area contributed by atoms with Gasteiger partial charge in [0.1, 0.15) is 11.4 Å². The zero-order chi connectivity index (χ0) is 13.2. The van der Waals surface area contributed by atoms with E-state index in [0.29, 0.717) is 0 Å². The first kappa shape index (κ1) is 14.2. The molecular formula is C16H23IO. The van der Waals surface area contributed by atoms with Crippen LogP contribution in [0.25, 0.3) is 0 Å². The first-order chi connectivity index (χ1) is 8.45. The molecule has 0 saturated heterocycles. The molecule has 0 radical (unpaired) electrons. The minimum Gasteiger partial charge on any atom is -0.488 e. The standard InChI is InChI=1S/C16H23IO/c1-4-16(3,17)13-7-9-14(10-8-13)18-15(2)11-5-6-12-15/h7-10H,4-6,11-12H2,1-3H3. The highest BCUT2D eigenvalue weighted by Crippen LogP contribution is 2.37. The summed E-state index contributed by atoms with van der Waals surface area (Å²) in [6.07, 6.45) is 6.12. The van der Waals surface area contributed by atoms with Gasteiger partial charge in [0.2, 0.25) is 0 Å². The highest BCUT2D eigenvalue weighted by molar-refractivity contribution is 14.1. The molecule has 0 heterocycles. The van der Waals surface area contributed by atoms with Gasteiger partial charge in [0, 0.05) is 3.42 Å². The van der Waals surface area contributed by atoms with Gasteiger partial charge in [-0.05, 0) is 63.6 Å².